The summed E-state index contributed by atoms with van der Waals surface area (Å²) in [5, 5.41) is 5.26. The van der Waals surface area contributed by atoms with Crippen LogP contribution in [0, 0.1) is 0 Å². The van der Waals surface area contributed by atoms with Crippen molar-refractivity contribution in [1.29, 1.82) is 0 Å². The zero-order valence-corrected chi connectivity index (χ0v) is 8.57. The minimum atomic E-state index is -0.147. The van der Waals surface area contributed by atoms with Crippen LogP contribution < -0.4 is 21.1 Å². The van der Waals surface area contributed by atoms with E-state index in [-0.39, 0.29) is 18.4 Å². The van der Waals surface area contributed by atoms with Crippen LogP contribution in [0.1, 0.15) is 0 Å². The number of nitrogen functional groups attached to an aromatic ring is 1. The maximum atomic E-state index is 10.9. The molecule has 0 saturated carbocycles. The average molecular weight is 211 g/mol. The predicted octanol–water partition coefficient (Wildman–Crippen LogP) is -0.775. The minimum absolute atomic E-state index is 0.0914. The largest absolute Gasteiger partial charge is 0.481 e. The van der Waals surface area contributed by atoms with Gasteiger partial charge < -0.3 is 21.1 Å². The minimum Gasteiger partial charge on any atom is -0.481 e. The molecule has 0 atom stereocenters. The van der Waals surface area contributed by atoms with E-state index in [1.165, 1.54) is 7.11 Å². The first-order valence-corrected chi connectivity index (χ1v) is 4.28. The highest BCUT2D eigenvalue weighted by atomic mass is 16.5. The fourth-order valence-corrected chi connectivity index (χ4v) is 0.897. The van der Waals surface area contributed by atoms with Gasteiger partial charge in [0.05, 0.1) is 13.7 Å². The average Bonchev–Trinajstić information content (AvgIpc) is 2.25. The molecule has 0 bridgehead atoms. The SMILES string of the molecule is CNC(=O)CNc1cc(OC)nc(N)n1. The van der Waals surface area contributed by atoms with Crippen LogP contribution in [0.5, 0.6) is 5.88 Å². The van der Waals surface area contributed by atoms with Gasteiger partial charge in [0.2, 0.25) is 17.7 Å². The smallest absolute Gasteiger partial charge is 0.239 e. The molecule has 1 rings (SSSR count). The van der Waals surface area contributed by atoms with E-state index in [2.05, 4.69) is 20.6 Å². The van der Waals surface area contributed by atoms with Gasteiger partial charge in [-0.05, 0) is 0 Å². The van der Waals surface area contributed by atoms with Crippen LogP contribution in [0.2, 0.25) is 0 Å². The second-order valence-electron chi connectivity index (χ2n) is 2.68. The van der Waals surface area contributed by atoms with Gasteiger partial charge >= 0.3 is 0 Å². The lowest BCUT2D eigenvalue weighted by Gasteiger charge is -2.06. The summed E-state index contributed by atoms with van der Waals surface area (Å²) < 4.78 is 4.90. The van der Waals surface area contributed by atoms with Crippen LogP contribution in [0.3, 0.4) is 0 Å². The number of anilines is 2. The van der Waals surface area contributed by atoms with Gasteiger partial charge in [0.1, 0.15) is 5.82 Å². The van der Waals surface area contributed by atoms with Gasteiger partial charge in [0.25, 0.3) is 0 Å². The molecular weight excluding hydrogens is 198 g/mol. The molecule has 7 nitrogen and oxygen atoms in total. The van der Waals surface area contributed by atoms with Crippen molar-refractivity contribution in [2.45, 2.75) is 0 Å². The Balaban J connectivity index is 2.68. The van der Waals surface area contributed by atoms with Gasteiger partial charge in [-0.3, -0.25) is 4.79 Å². The molecule has 0 radical (unpaired) electrons. The summed E-state index contributed by atoms with van der Waals surface area (Å²) in [6, 6.07) is 1.55. The summed E-state index contributed by atoms with van der Waals surface area (Å²) in [5.41, 5.74) is 5.43. The van der Waals surface area contributed by atoms with E-state index in [1.807, 2.05) is 0 Å². The Kier molecular flexibility index (Phi) is 3.67. The molecule has 0 saturated heterocycles. The topological polar surface area (TPSA) is 102 Å². The number of rotatable bonds is 4. The Morgan fingerprint density at radius 1 is 1.60 bits per heavy atom. The number of hydrogen-bond donors (Lipinski definition) is 3. The van der Waals surface area contributed by atoms with Crippen molar-refractivity contribution in [1.82, 2.24) is 15.3 Å². The highest BCUT2D eigenvalue weighted by Gasteiger charge is 2.03. The van der Waals surface area contributed by atoms with Gasteiger partial charge in [0.15, 0.2) is 0 Å². The first-order valence-electron chi connectivity index (χ1n) is 4.28. The molecule has 0 spiro atoms. The predicted molar refractivity (Wildman–Crippen MR) is 55.6 cm³/mol. The molecule has 1 amide bonds. The second-order valence-corrected chi connectivity index (χ2v) is 2.68. The highest BCUT2D eigenvalue weighted by molar-refractivity contribution is 5.80. The summed E-state index contributed by atoms with van der Waals surface area (Å²) in [5.74, 6) is 0.741. The number of carbonyl (C=O) groups is 1. The lowest BCUT2D eigenvalue weighted by atomic mass is 10.5. The molecule has 0 aliphatic rings. The Hall–Kier alpha value is -2.05. The van der Waals surface area contributed by atoms with Crippen LogP contribution in [0.15, 0.2) is 6.07 Å². The normalized spacial score (nSPS) is 9.47. The third kappa shape index (κ3) is 3.29. The van der Waals surface area contributed by atoms with Crippen molar-refractivity contribution >= 4 is 17.7 Å². The Bertz CT molecular complexity index is 355. The Morgan fingerprint density at radius 3 is 2.93 bits per heavy atom. The van der Waals surface area contributed by atoms with Crippen molar-refractivity contribution in [2.24, 2.45) is 0 Å². The highest BCUT2D eigenvalue weighted by Crippen LogP contribution is 2.13. The van der Waals surface area contributed by atoms with Crippen molar-refractivity contribution < 1.29 is 9.53 Å². The number of nitrogens with zero attached hydrogens (tertiary/aromatic N) is 2. The lowest BCUT2D eigenvalue weighted by molar-refractivity contribution is -0.118. The standard InChI is InChI=1S/C8H13N5O2/c1-10-6(14)4-11-5-3-7(15-2)13-8(9)12-5/h3H,4H2,1-2H3,(H,10,14)(H3,9,11,12,13). The molecular formula is C8H13N5O2. The number of aromatic nitrogens is 2. The second kappa shape index (κ2) is 4.99. The van der Waals surface area contributed by atoms with Gasteiger partial charge in [-0.1, -0.05) is 0 Å². The fourth-order valence-electron chi connectivity index (χ4n) is 0.897. The molecule has 4 N–H and O–H groups in total. The molecule has 0 unspecified atom stereocenters. The van der Waals surface area contributed by atoms with Crippen molar-refractivity contribution in [3.05, 3.63) is 6.07 Å². The maximum absolute atomic E-state index is 10.9. The number of ether oxygens (including phenoxy) is 1. The van der Waals surface area contributed by atoms with Gasteiger partial charge in [0, 0.05) is 13.1 Å². The molecule has 0 aromatic carbocycles. The van der Waals surface area contributed by atoms with E-state index in [0.29, 0.717) is 11.7 Å². The molecule has 82 valence electrons. The number of nitrogens with one attached hydrogen (secondary N) is 2. The van der Waals surface area contributed by atoms with Gasteiger partial charge in [-0.15, -0.1) is 0 Å². The van der Waals surface area contributed by atoms with Crippen molar-refractivity contribution in [3.63, 3.8) is 0 Å². The number of nitrogens with two attached hydrogens (primary N) is 1. The Labute approximate surface area is 87.0 Å². The van der Waals surface area contributed by atoms with E-state index >= 15 is 0 Å². The van der Waals surface area contributed by atoms with Crippen LogP contribution >= 0.6 is 0 Å². The van der Waals surface area contributed by atoms with Crippen LogP contribution in [-0.4, -0.2) is 36.6 Å². The first-order chi connectivity index (χ1) is 7.15. The molecule has 0 aliphatic carbocycles. The van der Waals surface area contributed by atoms with E-state index < -0.39 is 0 Å². The zero-order valence-electron chi connectivity index (χ0n) is 8.57. The number of methoxy groups -OCH3 is 1. The Morgan fingerprint density at radius 2 is 2.33 bits per heavy atom. The third-order valence-electron chi connectivity index (χ3n) is 1.64. The monoisotopic (exact) mass is 211 g/mol. The number of hydrogen-bond acceptors (Lipinski definition) is 6. The van der Waals surface area contributed by atoms with Crippen LogP contribution in [0.4, 0.5) is 11.8 Å². The molecule has 0 fully saturated rings. The number of carbonyl (C=O) groups excluding carboxylic acids is 1. The van der Waals surface area contributed by atoms with Crippen LogP contribution in [0.25, 0.3) is 0 Å². The molecule has 1 aromatic rings. The molecule has 1 heterocycles. The summed E-state index contributed by atoms with van der Waals surface area (Å²) in [6.07, 6.45) is 0. The first kappa shape index (κ1) is 11.0. The van der Waals surface area contributed by atoms with Gasteiger partial charge in [-0.2, -0.15) is 9.97 Å². The van der Waals surface area contributed by atoms with E-state index in [9.17, 15) is 4.79 Å². The summed E-state index contributed by atoms with van der Waals surface area (Å²) >= 11 is 0. The van der Waals surface area contributed by atoms with Crippen molar-refractivity contribution in [2.75, 3.05) is 31.8 Å². The lowest BCUT2D eigenvalue weighted by Crippen LogP contribution is -2.26. The maximum Gasteiger partial charge on any atom is 0.239 e. The quantitative estimate of drug-likeness (QED) is 0.604. The van der Waals surface area contributed by atoms with E-state index in [4.69, 9.17) is 10.5 Å². The summed E-state index contributed by atoms with van der Waals surface area (Å²) in [6.45, 7) is 0.121. The molecule has 1 aromatic heterocycles. The summed E-state index contributed by atoms with van der Waals surface area (Å²) in [4.78, 5) is 18.6. The summed E-state index contributed by atoms with van der Waals surface area (Å²) in [7, 11) is 3.03. The zero-order chi connectivity index (χ0) is 11.3. The molecule has 15 heavy (non-hydrogen) atoms. The fraction of sp³-hybridized carbons (Fsp3) is 0.375. The number of likely N-dealkylation sites (N-methyl/N-ethyl adjacent to an activating group) is 1. The number of amides is 1. The van der Waals surface area contributed by atoms with E-state index in [1.54, 1.807) is 13.1 Å². The molecule has 7 heteroatoms. The molecule has 0 aliphatic heterocycles. The van der Waals surface area contributed by atoms with Crippen LogP contribution in [-0.2, 0) is 4.79 Å². The van der Waals surface area contributed by atoms with Crippen molar-refractivity contribution in [3.8, 4) is 5.88 Å². The third-order valence-corrected chi connectivity index (χ3v) is 1.64. The van der Waals surface area contributed by atoms with E-state index in [0.717, 1.165) is 0 Å². The van der Waals surface area contributed by atoms with Gasteiger partial charge in [-0.25, -0.2) is 0 Å².